The molecule has 17 heavy (non-hydrogen) atoms. The Kier molecular flexibility index (Phi) is 3.53. The van der Waals surface area contributed by atoms with Gasteiger partial charge in [-0.15, -0.1) is 0 Å². The van der Waals surface area contributed by atoms with Crippen molar-refractivity contribution >= 4 is 6.03 Å². The Hall–Kier alpha value is -1.69. The molecular weight excluding hydrogens is 228 g/mol. The number of benzene rings is 1. The molecule has 0 radical (unpaired) electrons. The summed E-state index contributed by atoms with van der Waals surface area (Å²) >= 11 is 0. The minimum atomic E-state index is -1.24. The van der Waals surface area contributed by atoms with Gasteiger partial charge in [-0.05, 0) is 6.07 Å². The van der Waals surface area contributed by atoms with Crippen LogP contribution >= 0.6 is 0 Å². The van der Waals surface area contributed by atoms with Crippen LogP contribution in [-0.2, 0) is 6.54 Å². The van der Waals surface area contributed by atoms with E-state index in [0.29, 0.717) is 5.56 Å². The van der Waals surface area contributed by atoms with Gasteiger partial charge in [0.25, 0.3) is 0 Å². The predicted molar refractivity (Wildman–Crippen MR) is 58.5 cm³/mol. The first-order valence-electron chi connectivity index (χ1n) is 5.32. The number of nitrogens with one attached hydrogen (secondary N) is 3. The fourth-order valence-corrected chi connectivity index (χ4v) is 1.63. The summed E-state index contributed by atoms with van der Waals surface area (Å²) in [5.41, 5.74) is 0.437. The van der Waals surface area contributed by atoms with E-state index in [1.54, 1.807) is 18.2 Å². The minimum absolute atomic E-state index is 0.0409. The summed E-state index contributed by atoms with van der Waals surface area (Å²) in [6.07, 6.45) is -2.03. The average molecular weight is 241 g/mol. The van der Waals surface area contributed by atoms with Crippen molar-refractivity contribution < 1.29 is 13.6 Å². The van der Waals surface area contributed by atoms with E-state index >= 15 is 0 Å². The normalized spacial score (nSPS) is 24.0. The zero-order chi connectivity index (χ0) is 12.3. The van der Waals surface area contributed by atoms with Crippen molar-refractivity contribution in [1.82, 2.24) is 16.0 Å². The maximum atomic E-state index is 13.4. The lowest BCUT2D eigenvalue weighted by Crippen LogP contribution is -2.61. The van der Waals surface area contributed by atoms with Gasteiger partial charge < -0.3 is 10.6 Å². The number of halogens is 2. The molecule has 1 aliphatic heterocycles. The highest BCUT2D eigenvalue weighted by Gasteiger charge is 2.27. The highest BCUT2D eigenvalue weighted by molar-refractivity contribution is 5.75. The average Bonchev–Trinajstić information content (AvgIpc) is 2.32. The van der Waals surface area contributed by atoms with Crippen LogP contribution in [0.15, 0.2) is 24.3 Å². The molecule has 0 spiro atoms. The second-order valence-electron chi connectivity index (χ2n) is 3.82. The van der Waals surface area contributed by atoms with Crippen LogP contribution < -0.4 is 16.0 Å². The molecule has 0 aromatic heterocycles. The van der Waals surface area contributed by atoms with E-state index in [9.17, 15) is 13.6 Å². The van der Waals surface area contributed by atoms with Gasteiger partial charge in [-0.25, -0.2) is 13.6 Å². The number of hydrogen-bond donors (Lipinski definition) is 3. The van der Waals surface area contributed by atoms with E-state index in [2.05, 4.69) is 16.0 Å². The molecule has 2 rings (SSSR count). The van der Waals surface area contributed by atoms with Crippen LogP contribution in [0.4, 0.5) is 13.6 Å². The number of rotatable bonds is 3. The van der Waals surface area contributed by atoms with Gasteiger partial charge in [0.05, 0.1) is 6.54 Å². The lowest BCUT2D eigenvalue weighted by atomic mass is 10.2. The van der Waals surface area contributed by atoms with E-state index in [1.807, 2.05) is 0 Å². The van der Waals surface area contributed by atoms with Gasteiger partial charge in [-0.3, -0.25) is 5.32 Å². The topological polar surface area (TPSA) is 53.2 Å². The molecule has 0 saturated carbocycles. The third-order valence-corrected chi connectivity index (χ3v) is 2.58. The van der Waals surface area contributed by atoms with E-state index in [-0.39, 0.29) is 18.9 Å². The van der Waals surface area contributed by atoms with Gasteiger partial charge in [0.1, 0.15) is 12.0 Å². The van der Waals surface area contributed by atoms with Crippen LogP contribution in [0.2, 0.25) is 0 Å². The molecule has 1 aliphatic rings. The highest BCUT2D eigenvalue weighted by Crippen LogP contribution is 2.07. The maximum Gasteiger partial charge on any atom is 0.316 e. The second kappa shape index (κ2) is 5.09. The van der Waals surface area contributed by atoms with Crippen LogP contribution in [0.5, 0.6) is 0 Å². The largest absolute Gasteiger partial charge is 0.335 e. The molecule has 1 saturated heterocycles. The Morgan fingerprint density at radius 2 is 2.18 bits per heavy atom. The summed E-state index contributed by atoms with van der Waals surface area (Å²) in [6, 6.07) is 5.81. The first kappa shape index (κ1) is 11.8. The number of urea groups is 1. The van der Waals surface area contributed by atoms with Gasteiger partial charge in [0.15, 0.2) is 6.17 Å². The molecule has 1 aromatic rings. The van der Waals surface area contributed by atoms with Crippen molar-refractivity contribution in [3.05, 3.63) is 35.6 Å². The molecule has 6 heteroatoms. The van der Waals surface area contributed by atoms with Gasteiger partial charge in [-0.2, -0.15) is 0 Å². The molecule has 2 atom stereocenters. The molecule has 0 bridgehead atoms. The minimum Gasteiger partial charge on any atom is -0.335 e. The molecule has 92 valence electrons. The smallest absolute Gasteiger partial charge is 0.316 e. The Labute approximate surface area is 97.4 Å². The molecule has 3 N–H and O–H groups in total. The molecule has 1 aromatic carbocycles. The first-order chi connectivity index (χ1) is 8.16. The SMILES string of the molecule is O=C1NCC(F)C(NCc2ccccc2F)N1. The maximum absolute atomic E-state index is 13.4. The van der Waals surface area contributed by atoms with Gasteiger partial charge >= 0.3 is 6.03 Å². The third-order valence-electron chi connectivity index (χ3n) is 2.58. The standard InChI is InChI=1S/C11H13F2N3O/c12-8-4-2-1-3-7(8)5-14-10-9(13)6-15-11(17)16-10/h1-4,9-10,14H,5-6H2,(H2,15,16,17). The molecule has 0 aliphatic carbocycles. The van der Waals surface area contributed by atoms with E-state index in [4.69, 9.17) is 0 Å². The summed E-state index contributed by atoms with van der Waals surface area (Å²) in [4.78, 5) is 11.0. The number of carbonyl (C=O) groups is 1. The van der Waals surface area contributed by atoms with Crippen molar-refractivity contribution in [1.29, 1.82) is 0 Å². The fraction of sp³-hybridized carbons (Fsp3) is 0.364. The Morgan fingerprint density at radius 1 is 1.41 bits per heavy atom. The molecule has 4 nitrogen and oxygen atoms in total. The Bertz CT molecular complexity index is 413. The van der Waals surface area contributed by atoms with Crippen molar-refractivity contribution in [2.24, 2.45) is 0 Å². The van der Waals surface area contributed by atoms with E-state index < -0.39 is 18.4 Å². The summed E-state index contributed by atoms with van der Waals surface area (Å²) in [5.74, 6) is -0.351. The third kappa shape index (κ3) is 2.91. The summed E-state index contributed by atoms with van der Waals surface area (Å²) in [5, 5.41) is 7.50. The van der Waals surface area contributed by atoms with Gasteiger partial charge in [0, 0.05) is 12.1 Å². The fourth-order valence-electron chi connectivity index (χ4n) is 1.63. The van der Waals surface area contributed by atoms with Crippen LogP contribution in [-0.4, -0.2) is 24.9 Å². The molecule has 2 amide bonds. The van der Waals surface area contributed by atoms with Crippen molar-refractivity contribution in [2.75, 3.05) is 6.54 Å². The summed E-state index contributed by atoms with van der Waals surface area (Å²) < 4.78 is 26.7. The van der Waals surface area contributed by atoms with Gasteiger partial charge in [-0.1, -0.05) is 18.2 Å². The van der Waals surface area contributed by atoms with Crippen LogP contribution in [0, 0.1) is 5.82 Å². The Morgan fingerprint density at radius 3 is 2.94 bits per heavy atom. The first-order valence-corrected chi connectivity index (χ1v) is 5.32. The number of hydrogen-bond acceptors (Lipinski definition) is 2. The number of amides is 2. The van der Waals surface area contributed by atoms with E-state index in [1.165, 1.54) is 6.07 Å². The molecule has 1 fully saturated rings. The second-order valence-corrected chi connectivity index (χ2v) is 3.82. The Balaban J connectivity index is 1.93. The molecular formula is C11H13F2N3O. The molecule has 1 heterocycles. The zero-order valence-corrected chi connectivity index (χ0v) is 9.04. The predicted octanol–water partition coefficient (Wildman–Crippen LogP) is 0.892. The monoisotopic (exact) mass is 241 g/mol. The number of alkyl halides is 1. The lowest BCUT2D eigenvalue weighted by molar-refractivity contribution is 0.172. The number of carbonyl (C=O) groups excluding carboxylic acids is 1. The van der Waals surface area contributed by atoms with Crippen LogP contribution in [0.1, 0.15) is 5.56 Å². The van der Waals surface area contributed by atoms with Crippen LogP contribution in [0.3, 0.4) is 0 Å². The van der Waals surface area contributed by atoms with Crippen LogP contribution in [0.25, 0.3) is 0 Å². The van der Waals surface area contributed by atoms with Gasteiger partial charge in [0.2, 0.25) is 0 Å². The summed E-state index contributed by atoms with van der Waals surface area (Å²) in [6.45, 7) is 0.124. The van der Waals surface area contributed by atoms with Crippen molar-refractivity contribution in [3.8, 4) is 0 Å². The quantitative estimate of drug-likeness (QED) is 0.736. The van der Waals surface area contributed by atoms with Crippen molar-refractivity contribution in [2.45, 2.75) is 18.9 Å². The molecule has 2 unspecified atom stereocenters. The lowest BCUT2D eigenvalue weighted by Gasteiger charge is -2.28. The highest BCUT2D eigenvalue weighted by atomic mass is 19.1. The zero-order valence-electron chi connectivity index (χ0n) is 9.04. The van der Waals surface area contributed by atoms with Crippen molar-refractivity contribution in [3.63, 3.8) is 0 Å². The van der Waals surface area contributed by atoms with E-state index in [0.717, 1.165) is 0 Å². The summed E-state index contributed by atoms with van der Waals surface area (Å²) in [7, 11) is 0.